The molecule has 1 nitrogen and oxygen atoms in total. The van der Waals surface area contributed by atoms with Gasteiger partial charge in [-0.2, -0.15) is 11.8 Å². The summed E-state index contributed by atoms with van der Waals surface area (Å²) < 4.78 is 5.30. The van der Waals surface area contributed by atoms with E-state index in [4.69, 9.17) is 4.74 Å². The molecule has 3 heteroatoms. The van der Waals surface area contributed by atoms with Crippen LogP contribution in [0.15, 0.2) is 65.8 Å². The Hall–Kier alpha value is -1.32. The van der Waals surface area contributed by atoms with Crippen molar-refractivity contribution in [2.75, 3.05) is 18.5 Å². The maximum atomic E-state index is 5.30. The zero-order valence-electron chi connectivity index (χ0n) is 11.7. The van der Waals surface area contributed by atoms with Crippen LogP contribution in [-0.2, 0) is 4.74 Å². The van der Waals surface area contributed by atoms with Crippen molar-refractivity contribution in [1.82, 2.24) is 0 Å². The molecular weight excluding hydrogens is 284 g/mol. The van der Waals surface area contributed by atoms with Gasteiger partial charge in [-0.15, -0.1) is 11.8 Å². The molecule has 0 saturated heterocycles. The van der Waals surface area contributed by atoms with Crippen molar-refractivity contribution in [1.29, 1.82) is 0 Å². The first-order chi connectivity index (χ1) is 9.86. The number of benzene rings is 2. The topological polar surface area (TPSA) is 9.23 Å². The van der Waals surface area contributed by atoms with Gasteiger partial charge in [0.25, 0.3) is 0 Å². The first-order valence-electron chi connectivity index (χ1n) is 6.36. The zero-order chi connectivity index (χ0) is 14.2. The molecule has 0 aliphatic carbocycles. The molecule has 0 fully saturated rings. The highest BCUT2D eigenvalue weighted by molar-refractivity contribution is 8.15. The molecule has 0 heterocycles. The molecular formula is C17H18OS2. The summed E-state index contributed by atoms with van der Waals surface area (Å²) in [5.74, 6) is 0. The molecule has 0 aliphatic rings. The Balaban J connectivity index is 2.43. The van der Waals surface area contributed by atoms with E-state index in [9.17, 15) is 0 Å². The molecule has 0 bridgehead atoms. The Morgan fingerprint density at radius 2 is 1.75 bits per heavy atom. The smallest absolute Gasteiger partial charge is 0.0909 e. The number of hydrogen-bond donors (Lipinski definition) is 0. The summed E-state index contributed by atoms with van der Waals surface area (Å²) in [7, 11) is 1.70. The van der Waals surface area contributed by atoms with Crippen LogP contribution in [0, 0.1) is 0 Å². The highest BCUT2D eigenvalue weighted by Gasteiger charge is 2.10. The van der Waals surface area contributed by atoms with E-state index in [1.165, 1.54) is 16.0 Å². The summed E-state index contributed by atoms with van der Waals surface area (Å²) >= 11 is 3.70. The van der Waals surface area contributed by atoms with Crippen LogP contribution in [0.4, 0.5) is 0 Å². The summed E-state index contributed by atoms with van der Waals surface area (Å²) in [6.07, 6.45) is 3.95. The van der Waals surface area contributed by atoms with Crippen LogP contribution in [-0.4, -0.2) is 18.5 Å². The first-order valence-corrected chi connectivity index (χ1v) is 8.74. The van der Waals surface area contributed by atoms with Crippen LogP contribution in [0.3, 0.4) is 0 Å². The molecule has 0 amide bonds. The molecule has 0 aromatic heterocycles. The Bertz CT molecular complexity index is 564. The Kier molecular flexibility index (Phi) is 6.09. The SMILES string of the molecule is CO/C=C(/c1ccccc1)c1ccccc1SCSC. The number of rotatable bonds is 6. The predicted octanol–water partition coefficient (Wildman–Crippen LogP) is 5.13. The van der Waals surface area contributed by atoms with Crippen LogP contribution in [0.25, 0.3) is 5.57 Å². The number of hydrogen-bond acceptors (Lipinski definition) is 3. The number of methoxy groups -OCH3 is 1. The van der Waals surface area contributed by atoms with Crippen LogP contribution < -0.4 is 0 Å². The van der Waals surface area contributed by atoms with Crippen molar-refractivity contribution in [2.24, 2.45) is 0 Å². The molecule has 0 N–H and O–H groups in total. The zero-order valence-corrected chi connectivity index (χ0v) is 13.3. The molecule has 104 valence electrons. The van der Waals surface area contributed by atoms with Gasteiger partial charge in [0.2, 0.25) is 0 Å². The molecule has 2 aromatic rings. The Morgan fingerprint density at radius 3 is 2.45 bits per heavy atom. The fourth-order valence-corrected chi connectivity index (χ4v) is 3.45. The van der Waals surface area contributed by atoms with Gasteiger partial charge in [0.05, 0.1) is 13.4 Å². The van der Waals surface area contributed by atoms with Gasteiger partial charge in [0, 0.05) is 15.6 Å². The van der Waals surface area contributed by atoms with Crippen LogP contribution in [0.5, 0.6) is 0 Å². The lowest BCUT2D eigenvalue weighted by Gasteiger charge is -2.12. The van der Waals surface area contributed by atoms with Crippen molar-refractivity contribution in [3.05, 3.63) is 72.0 Å². The van der Waals surface area contributed by atoms with Gasteiger partial charge >= 0.3 is 0 Å². The van der Waals surface area contributed by atoms with Crippen molar-refractivity contribution in [2.45, 2.75) is 4.90 Å². The standard InChI is InChI=1S/C17H18OS2/c1-18-12-16(14-8-4-3-5-9-14)15-10-6-7-11-17(15)20-13-19-2/h3-12H,13H2,1-2H3/b16-12-. The maximum absolute atomic E-state index is 5.30. The van der Waals surface area contributed by atoms with Gasteiger partial charge in [-0.3, -0.25) is 0 Å². The quantitative estimate of drug-likeness (QED) is 0.415. The lowest BCUT2D eigenvalue weighted by Crippen LogP contribution is -1.92. The third-order valence-electron chi connectivity index (χ3n) is 2.83. The average molecular weight is 302 g/mol. The van der Waals surface area contributed by atoms with Gasteiger partial charge < -0.3 is 4.74 Å². The normalized spacial score (nSPS) is 11.4. The molecule has 2 aromatic carbocycles. The van der Waals surface area contributed by atoms with E-state index >= 15 is 0 Å². The Labute approximate surface area is 129 Å². The maximum Gasteiger partial charge on any atom is 0.0909 e. The average Bonchev–Trinajstić information content (AvgIpc) is 2.52. The van der Waals surface area contributed by atoms with E-state index in [0.717, 1.165) is 10.7 Å². The molecule has 20 heavy (non-hydrogen) atoms. The van der Waals surface area contributed by atoms with Gasteiger partial charge in [0.15, 0.2) is 0 Å². The third-order valence-corrected chi connectivity index (χ3v) is 4.91. The van der Waals surface area contributed by atoms with Crippen molar-refractivity contribution in [3.63, 3.8) is 0 Å². The predicted molar refractivity (Wildman–Crippen MR) is 91.2 cm³/mol. The van der Waals surface area contributed by atoms with Gasteiger partial charge in [0.1, 0.15) is 0 Å². The van der Waals surface area contributed by atoms with Crippen molar-refractivity contribution in [3.8, 4) is 0 Å². The van der Waals surface area contributed by atoms with E-state index in [1.807, 2.05) is 35.9 Å². The van der Waals surface area contributed by atoms with E-state index < -0.39 is 0 Å². The number of thioether (sulfide) groups is 2. The van der Waals surface area contributed by atoms with E-state index in [2.05, 4.69) is 54.8 Å². The van der Waals surface area contributed by atoms with Gasteiger partial charge in [-0.05, 0) is 23.4 Å². The summed E-state index contributed by atoms with van der Waals surface area (Å²) in [5, 5.41) is 1.05. The molecule has 0 spiro atoms. The van der Waals surface area contributed by atoms with E-state index in [1.54, 1.807) is 7.11 Å². The van der Waals surface area contributed by atoms with Gasteiger partial charge in [-0.1, -0.05) is 48.5 Å². The lowest BCUT2D eigenvalue weighted by atomic mass is 9.99. The minimum Gasteiger partial charge on any atom is -0.504 e. The second-order valence-corrected chi connectivity index (χ2v) is 6.43. The summed E-state index contributed by atoms with van der Waals surface area (Å²) in [5.41, 5.74) is 3.52. The molecule has 0 aliphatic heterocycles. The van der Waals surface area contributed by atoms with E-state index in [0.29, 0.717) is 0 Å². The highest BCUT2D eigenvalue weighted by Crippen LogP contribution is 2.33. The minimum atomic E-state index is 1.05. The molecule has 0 unspecified atom stereocenters. The van der Waals surface area contributed by atoms with Crippen LogP contribution >= 0.6 is 23.5 Å². The fraction of sp³-hybridized carbons (Fsp3) is 0.176. The summed E-state index contributed by atoms with van der Waals surface area (Å²) in [6, 6.07) is 18.8. The number of ether oxygens (including phenoxy) is 1. The molecule has 0 radical (unpaired) electrons. The monoisotopic (exact) mass is 302 g/mol. The third kappa shape index (κ3) is 3.84. The summed E-state index contributed by atoms with van der Waals surface area (Å²) in [6.45, 7) is 0. The van der Waals surface area contributed by atoms with Crippen LogP contribution in [0.2, 0.25) is 0 Å². The molecule has 0 saturated carbocycles. The second kappa shape index (κ2) is 8.08. The molecule has 0 atom stereocenters. The van der Waals surface area contributed by atoms with E-state index in [-0.39, 0.29) is 0 Å². The summed E-state index contributed by atoms with van der Waals surface area (Å²) in [4.78, 5) is 1.29. The second-order valence-electron chi connectivity index (χ2n) is 4.18. The minimum absolute atomic E-state index is 1.05. The van der Waals surface area contributed by atoms with Crippen molar-refractivity contribution >= 4 is 29.1 Å². The van der Waals surface area contributed by atoms with Gasteiger partial charge in [-0.25, -0.2) is 0 Å². The fourth-order valence-electron chi connectivity index (χ4n) is 1.96. The largest absolute Gasteiger partial charge is 0.504 e. The van der Waals surface area contributed by atoms with Crippen LogP contribution in [0.1, 0.15) is 11.1 Å². The lowest BCUT2D eigenvalue weighted by molar-refractivity contribution is 0.340. The Morgan fingerprint density at radius 1 is 1.05 bits per heavy atom. The van der Waals surface area contributed by atoms with Crippen molar-refractivity contribution < 1.29 is 4.74 Å². The first kappa shape index (κ1) is 15.1. The highest BCUT2D eigenvalue weighted by atomic mass is 32.2. The molecule has 2 rings (SSSR count).